The van der Waals surface area contributed by atoms with E-state index in [2.05, 4.69) is 46.4 Å². The first-order valence-electron chi connectivity index (χ1n) is 11.6. The lowest BCUT2D eigenvalue weighted by atomic mass is 9.82. The van der Waals surface area contributed by atoms with Crippen LogP contribution >= 0.6 is 0 Å². The van der Waals surface area contributed by atoms with Gasteiger partial charge >= 0.3 is 0 Å². The molecule has 1 amide bonds. The van der Waals surface area contributed by atoms with Gasteiger partial charge in [-0.1, -0.05) is 20.3 Å². The number of carbonyl (C=O) groups is 1. The van der Waals surface area contributed by atoms with Crippen LogP contribution in [0.15, 0.2) is 4.99 Å². The van der Waals surface area contributed by atoms with Gasteiger partial charge in [0.2, 0.25) is 5.91 Å². The molecule has 7 nitrogen and oxygen atoms in total. The number of aliphatic imine (C=N–C) groups is 1. The fourth-order valence-electron chi connectivity index (χ4n) is 4.79. The predicted molar refractivity (Wildman–Crippen MR) is 115 cm³/mol. The first kappa shape index (κ1) is 23.0. The molecule has 4 atom stereocenters. The molecule has 4 N–H and O–H groups in total. The van der Waals surface area contributed by atoms with Gasteiger partial charge in [0.1, 0.15) is 6.17 Å². The molecule has 8 heteroatoms. The van der Waals surface area contributed by atoms with Crippen molar-refractivity contribution in [1.82, 2.24) is 21.5 Å². The van der Waals surface area contributed by atoms with Crippen molar-refractivity contribution in [3.8, 4) is 6.07 Å². The van der Waals surface area contributed by atoms with Crippen LogP contribution in [-0.2, 0) is 4.79 Å². The average Bonchev–Trinajstić information content (AvgIpc) is 3.21. The fourth-order valence-corrected chi connectivity index (χ4v) is 4.79. The van der Waals surface area contributed by atoms with Crippen LogP contribution in [0.3, 0.4) is 0 Å². The Morgan fingerprint density at radius 3 is 2.63 bits per heavy atom. The number of carbonyl (C=O) groups excluding carboxylic acids is 1. The maximum atomic E-state index is 13.4. The summed E-state index contributed by atoms with van der Waals surface area (Å²) in [6.45, 7) is 4.81. The molecule has 3 fully saturated rings. The van der Waals surface area contributed by atoms with Gasteiger partial charge in [0.05, 0.1) is 12.2 Å². The van der Waals surface area contributed by atoms with Crippen molar-refractivity contribution in [2.24, 2.45) is 28.7 Å². The van der Waals surface area contributed by atoms with Gasteiger partial charge in [-0.2, -0.15) is 5.26 Å². The first-order valence-corrected chi connectivity index (χ1v) is 11.6. The fraction of sp³-hybridized carbons (Fsp3) is 0.864. The molecule has 3 rings (SSSR count). The van der Waals surface area contributed by atoms with E-state index in [1.807, 2.05) is 0 Å². The number of halogens is 1. The maximum Gasteiger partial charge on any atom is 0.229 e. The van der Waals surface area contributed by atoms with Gasteiger partial charge in [-0.05, 0) is 63.2 Å². The molecule has 30 heavy (non-hydrogen) atoms. The first-order chi connectivity index (χ1) is 14.4. The lowest BCUT2D eigenvalue weighted by Gasteiger charge is -2.28. The van der Waals surface area contributed by atoms with E-state index in [0.717, 1.165) is 38.5 Å². The van der Waals surface area contributed by atoms with Gasteiger partial charge in [-0.25, -0.2) is 9.82 Å². The zero-order valence-corrected chi connectivity index (χ0v) is 18.3. The van der Waals surface area contributed by atoms with Crippen LogP contribution in [-0.4, -0.2) is 36.8 Å². The summed E-state index contributed by atoms with van der Waals surface area (Å²) in [5.74, 6) is 1.16. The zero-order valence-electron chi connectivity index (χ0n) is 18.3. The van der Waals surface area contributed by atoms with Crippen LogP contribution in [0.25, 0.3) is 0 Å². The van der Waals surface area contributed by atoms with E-state index in [-0.39, 0.29) is 23.9 Å². The Bertz CT molecular complexity index is 640. The van der Waals surface area contributed by atoms with Gasteiger partial charge in [-0.3, -0.25) is 20.5 Å². The normalized spacial score (nSPS) is 35.1. The largest absolute Gasteiger partial charge is 0.339 e. The van der Waals surface area contributed by atoms with Crippen molar-refractivity contribution < 1.29 is 9.18 Å². The molecule has 0 radical (unpaired) electrons. The summed E-state index contributed by atoms with van der Waals surface area (Å²) in [7, 11) is 0. The molecular formula is C22H37FN6O. The lowest BCUT2D eigenvalue weighted by molar-refractivity contribution is -0.124. The van der Waals surface area contributed by atoms with Crippen LogP contribution < -0.4 is 21.5 Å². The Labute approximate surface area is 179 Å². The topological polar surface area (TPSA) is 101 Å². The Hall–Kier alpha value is -1.72. The Balaban J connectivity index is 1.54. The van der Waals surface area contributed by atoms with Gasteiger partial charge in [0.25, 0.3) is 0 Å². The van der Waals surface area contributed by atoms with Gasteiger partial charge < -0.3 is 5.32 Å². The highest BCUT2D eigenvalue weighted by Gasteiger charge is 2.34. The third-order valence-corrected chi connectivity index (χ3v) is 6.60. The molecule has 1 heterocycles. The van der Waals surface area contributed by atoms with Gasteiger partial charge in [0.15, 0.2) is 5.96 Å². The van der Waals surface area contributed by atoms with Crippen molar-refractivity contribution in [1.29, 1.82) is 5.26 Å². The Morgan fingerprint density at radius 1 is 1.17 bits per heavy atom. The minimum atomic E-state index is -0.644. The van der Waals surface area contributed by atoms with Crippen molar-refractivity contribution in [3.05, 3.63) is 0 Å². The van der Waals surface area contributed by atoms with E-state index in [9.17, 15) is 14.4 Å². The minimum Gasteiger partial charge on any atom is -0.339 e. The number of rotatable bonds is 5. The Morgan fingerprint density at radius 2 is 1.93 bits per heavy atom. The van der Waals surface area contributed by atoms with Crippen LogP contribution in [0, 0.1) is 35.0 Å². The molecule has 1 aliphatic heterocycles. The summed E-state index contributed by atoms with van der Waals surface area (Å²) in [6, 6.07) is 2.61. The van der Waals surface area contributed by atoms with E-state index < -0.39 is 6.17 Å². The molecule has 3 aliphatic rings. The highest BCUT2D eigenvalue weighted by molar-refractivity contribution is 5.98. The summed E-state index contributed by atoms with van der Waals surface area (Å²) in [5.41, 5.74) is 6.63. The van der Waals surface area contributed by atoms with Crippen LogP contribution in [0.1, 0.15) is 71.6 Å². The van der Waals surface area contributed by atoms with Crippen molar-refractivity contribution >= 4 is 11.9 Å². The highest BCUT2D eigenvalue weighted by Crippen LogP contribution is 2.31. The number of amides is 1. The SMILES string of the molecule is CC(C)CN=C(NC(=O)C1CCCC(C#N)C1)NC1CC(C2CCC(F)CC2)NN1. The summed E-state index contributed by atoms with van der Waals surface area (Å²) >= 11 is 0. The molecule has 0 aromatic rings. The van der Waals surface area contributed by atoms with Gasteiger partial charge in [-0.15, -0.1) is 0 Å². The highest BCUT2D eigenvalue weighted by atomic mass is 19.1. The van der Waals surface area contributed by atoms with E-state index in [4.69, 9.17) is 0 Å². The van der Waals surface area contributed by atoms with Gasteiger partial charge in [0, 0.05) is 24.4 Å². The molecule has 0 spiro atoms. The molecule has 168 valence electrons. The smallest absolute Gasteiger partial charge is 0.229 e. The van der Waals surface area contributed by atoms with E-state index in [0.29, 0.717) is 49.6 Å². The van der Waals surface area contributed by atoms with E-state index in [1.165, 1.54) is 0 Å². The summed E-state index contributed by atoms with van der Waals surface area (Å²) in [6.07, 6.45) is 6.57. The number of hydrogen-bond donors (Lipinski definition) is 4. The molecule has 4 unspecified atom stereocenters. The quantitative estimate of drug-likeness (QED) is 0.405. The van der Waals surface area contributed by atoms with Crippen molar-refractivity contribution in [2.45, 2.75) is 90.0 Å². The molecule has 0 bridgehead atoms. The number of nitrogens with zero attached hydrogens (tertiary/aromatic N) is 2. The number of nitriles is 1. The van der Waals surface area contributed by atoms with Crippen LogP contribution in [0.5, 0.6) is 0 Å². The lowest BCUT2D eigenvalue weighted by Crippen LogP contribution is -2.52. The Kier molecular flexibility index (Phi) is 8.46. The second kappa shape index (κ2) is 11.1. The summed E-state index contributed by atoms with van der Waals surface area (Å²) in [4.78, 5) is 17.4. The molecule has 2 aliphatic carbocycles. The zero-order chi connectivity index (χ0) is 21.5. The van der Waals surface area contributed by atoms with Crippen molar-refractivity contribution in [2.75, 3.05) is 6.54 Å². The summed E-state index contributed by atoms with van der Waals surface area (Å²) < 4.78 is 13.4. The third-order valence-electron chi connectivity index (χ3n) is 6.60. The number of alkyl halides is 1. The monoisotopic (exact) mass is 420 g/mol. The van der Waals surface area contributed by atoms with Crippen LogP contribution in [0.2, 0.25) is 0 Å². The standard InChI is InChI=1S/C22H37FN6O/c1-14(2)13-25-22(27-21(30)17-5-3-4-15(10-17)12-24)26-20-11-19(28-29-20)16-6-8-18(23)9-7-16/h14-20,28-29H,3-11,13H2,1-2H3,(H2,25,26,27,30). The average molecular weight is 421 g/mol. The predicted octanol–water partition coefficient (Wildman–Crippen LogP) is 2.76. The second-order valence-electron chi connectivity index (χ2n) is 9.60. The number of nitrogens with one attached hydrogen (secondary N) is 4. The molecule has 0 aromatic heterocycles. The molecule has 0 aromatic carbocycles. The molecule has 2 saturated carbocycles. The van der Waals surface area contributed by atoms with Crippen LogP contribution in [0.4, 0.5) is 4.39 Å². The van der Waals surface area contributed by atoms with E-state index in [1.54, 1.807) is 0 Å². The number of hydrazine groups is 1. The molecular weight excluding hydrogens is 383 g/mol. The molecule has 1 saturated heterocycles. The minimum absolute atomic E-state index is 0.0284. The third kappa shape index (κ3) is 6.64. The summed E-state index contributed by atoms with van der Waals surface area (Å²) in [5, 5.41) is 15.5. The maximum absolute atomic E-state index is 13.4. The second-order valence-corrected chi connectivity index (χ2v) is 9.60. The van der Waals surface area contributed by atoms with Crippen molar-refractivity contribution in [3.63, 3.8) is 0 Å². The number of guanidine groups is 1. The van der Waals surface area contributed by atoms with E-state index >= 15 is 0 Å². The number of hydrogen-bond acceptors (Lipinski definition) is 5.